The molecule has 10 atom stereocenters. The minimum atomic E-state index is -1.29. The Morgan fingerprint density at radius 3 is 2.39 bits per heavy atom. The summed E-state index contributed by atoms with van der Waals surface area (Å²) in [4.78, 5) is 23.1. The molecule has 5 aliphatic carbocycles. The fraction of sp³-hybridized carbons (Fsp3) is 0.902. The number of hydrogen-bond donors (Lipinski definition) is 2. The Morgan fingerprint density at radius 2 is 1.75 bits per heavy atom. The number of fused-ring (bicyclic) bond motifs is 5. The van der Waals surface area contributed by atoms with Crippen molar-refractivity contribution in [2.75, 3.05) is 39.5 Å². The molecule has 4 saturated carbocycles. The van der Waals surface area contributed by atoms with E-state index in [1.54, 1.807) is 5.57 Å². The Balaban J connectivity index is 0.000000687. The van der Waals surface area contributed by atoms with E-state index >= 15 is 0 Å². The summed E-state index contributed by atoms with van der Waals surface area (Å²) in [6, 6.07) is 0.201. The molecule has 0 amide bonds. The number of carboxylic acids is 2. The van der Waals surface area contributed by atoms with E-state index in [4.69, 9.17) is 26.0 Å². The number of ether oxygens (including phenoxy) is 2. The van der Waals surface area contributed by atoms with Gasteiger partial charge in [-0.2, -0.15) is 0 Å². The molecule has 4 N–H and O–H groups in total. The molecule has 5 aliphatic rings. The second-order valence-corrected chi connectivity index (χ2v) is 17.7. The number of nitrogens with two attached hydrogens (primary N) is 1. The van der Waals surface area contributed by atoms with Crippen LogP contribution in [0.25, 0.3) is 5.73 Å². The van der Waals surface area contributed by atoms with Crippen LogP contribution in [0.1, 0.15) is 131 Å². The summed E-state index contributed by atoms with van der Waals surface area (Å²) in [7, 11) is 0. The summed E-state index contributed by atoms with van der Waals surface area (Å²) in [5.74, 6) is 2.74. The Bertz CT molecular complexity index is 1100. The van der Waals surface area contributed by atoms with Gasteiger partial charge in [0.05, 0.1) is 38.4 Å². The average molecular weight is 897 g/mol. The summed E-state index contributed by atoms with van der Waals surface area (Å²) in [6.45, 7) is 13.2. The number of carbonyl (C=O) groups excluding carboxylic acids is 1. The van der Waals surface area contributed by atoms with E-state index in [-0.39, 0.29) is 58.9 Å². The molecule has 51 heavy (non-hydrogen) atoms. The van der Waals surface area contributed by atoms with Gasteiger partial charge in [-0.1, -0.05) is 84.8 Å². The molecule has 296 valence electrons. The predicted octanol–water partition coefficient (Wildman–Crippen LogP) is 6.87. The monoisotopic (exact) mass is 896 g/mol. The van der Waals surface area contributed by atoms with Crippen LogP contribution in [-0.2, 0) is 40.1 Å². The van der Waals surface area contributed by atoms with Crippen LogP contribution in [0.4, 0.5) is 0 Å². The van der Waals surface area contributed by atoms with Gasteiger partial charge in [-0.05, 0) is 110 Å². The smallest absolute Gasteiger partial charge is 0.673 e. The Kier molecular flexibility index (Phi) is 18.1. The molecular formula is C41H71N3O6Pt. The first-order chi connectivity index (χ1) is 23.7. The Labute approximate surface area is 324 Å². The van der Waals surface area contributed by atoms with Crippen LogP contribution in [0.15, 0.2) is 11.6 Å². The summed E-state index contributed by atoms with van der Waals surface area (Å²) < 4.78 is 11.9. The third kappa shape index (κ3) is 12.1. The maximum Gasteiger partial charge on any atom is 2.00 e. The molecule has 0 aromatic rings. The second kappa shape index (κ2) is 20.7. The van der Waals surface area contributed by atoms with Crippen LogP contribution < -0.4 is 10.8 Å². The van der Waals surface area contributed by atoms with Crippen molar-refractivity contribution in [2.24, 2.45) is 52.1 Å². The molecule has 0 radical (unpaired) electrons. The topological polar surface area (TPSA) is 149 Å². The normalized spacial score (nSPS) is 35.0. The van der Waals surface area contributed by atoms with Crippen LogP contribution in [0.3, 0.4) is 0 Å². The molecule has 0 saturated heterocycles. The zero-order chi connectivity index (χ0) is 36.5. The van der Waals surface area contributed by atoms with Gasteiger partial charge in [0.15, 0.2) is 0 Å². The quantitative estimate of drug-likeness (QED) is 0.126. The van der Waals surface area contributed by atoms with Crippen molar-refractivity contribution < 1.29 is 50.3 Å². The van der Waals surface area contributed by atoms with Crippen molar-refractivity contribution in [3.05, 3.63) is 17.4 Å². The molecule has 0 aliphatic heterocycles. The minimum Gasteiger partial charge on any atom is -0.673 e. The zero-order valence-electron chi connectivity index (χ0n) is 32.5. The minimum absolute atomic E-state index is 0. The van der Waals surface area contributed by atoms with Gasteiger partial charge in [-0.15, -0.1) is 6.04 Å². The van der Waals surface area contributed by atoms with E-state index in [0.29, 0.717) is 24.0 Å². The standard InChI is InChI=1S/C35H59NO6.C6H13N2.Pt/c1-24(2)7-6-8-25(3)29-11-12-30-28-10-9-26-21-27(13-15-34(26,4)31(28)14-16-35(29,30)5)42-20-19-41-18-17-36(22-32(37)38)23-33(39)40;7-5-3-1-2-4-6(5)8;/h9,24-25,27-31H,6-8,10-23H2,1-5H3,(H,37,38)(H,39,40);5-7H,1-4,8H2;/q;-1;+2/p-1/t25-,27+,28+,29-,30+,31+,34+,35-;5-,6-;/m11./s1. The molecule has 5 rings (SSSR count). The maximum absolute atomic E-state index is 10.9. The van der Waals surface area contributed by atoms with Gasteiger partial charge in [-0.25, -0.2) is 0 Å². The summed E-state index contributed by atoms with van der Waals surface area (Å²) in [5.41, 5.74) is 15.4. The van der Waals surface area contributed by atoms with Gasteiger partial charge in [0.25, 0.3) is 0 Å². The third-order valence-corrected chi connectivity index (χ3v) is 13.9. The molecule has 0 spiro atoms. The van der Waals surface area contributed by atoms with E-state index in [9.17, 15) is 14.7 Å². The molecule has 4 fully saturated rings. The number of rotatable bonds is 16. The van der Waals surface area contributed by atoms with E-state index in [1.165, 1.54) is 75.5 Å². The predicted molar refractivity (Wildman–Crippen MR) is 197 cm³/mol. The number of nitrogens with one attached hydrogen (secondary N) is 1. The average Bonchev–Trinajstić information content (AvgIpc) is 3.41. The Morgan fingerprint density at radius 1 is 1.00 bits per heavy atom. The molecular weight excluding hydrogens is 826 g/mol. The van der Waals surface area contributed by atoms with Gasteiger partial charge in [0.2, 0.25) is 0 Å². The number of nitrogens with zero attached hydrogens (tertiary/aromatic N) is 1. The first-order valence-electron chi connectivity index (χ1n) is 20.2. The van der Waals surface area contributed by atoms with Crippen LogP contribution in [0, 0.1) is 46.3 Å². The molecule has 0 unspecified atom stereocenters. The first-order valence-corrected chi connectivity index (χ1v) is 20.2. The van der Waals surface area contributed by atoms with Gasteiger partial charge in [0.1, 0.15) is 0 Å². The maximum atomic E-state index is 10.9. The SMILES string of the molecule is CC(C)CCC[C@@H](C)[C@H]1CC[C@H]2[C@@H]3CC=C4C[C@@H](OCCOCCN(CC(=O)[O-])CC(=O)O)CC[C@]4(C)[C@H]3CC[C@]12C.[NH-][C@@H]1CCCC[C@H]1N.[Pt+2]. The van der Waals surface area contributed by atoms with E-state index < -0.39 is 18.5 Å². The van der Waals surface area contributed by atoms with Crippen LogP contribution in [-0.4, -0.2) is 79.6 Å². The van der Waals surface area contributed by atoms with Crippen molar-refractivity contribution >= 4 is 11.9 Å². The fourth-order valence-corrected chi connectivity index (χ4v) is 11.1. The van der Waals surface area contributed by atoms with Crippen LogP contribution in [0.5, 0.6) is 0 Å². The number of carboxylic acid groups (broad SMARTS) is 2. The number of hydrogen-bond acceptors (Lipinski definition) is 7. The van der Waals surface area contributed by atoms with Gasteiger partial charge in [0, 0.05) is 13.1 Å². The van der Waals surface area contributed by atoms with Crippen molar-refractivity contribution in [1.29, 1.82) is 0 Å². The number of aliphatic carboxylic acids is 2. The van der Waals surface area contributed by atoms with Crippen molar-refractivity contribution in [3.8, 4) is 0 Å². The summed E-state index contributed by atoms with van der Waals surface area (Å²) >= 11 is 0. The molecule has 0 heterocycles. The second-order valence-electron chi connectivity index (χ2n) is 17.7. The van der Waals surface area contributed by atoms with Crippen molar-refractivity contribution in [3.63, 3.8) is 0 Å². The third-order valence-electron chi connectivity index (χ3n) is 13.9. The van der Waals surface area contributed by atoms with Crippen LogP contribution >= 0.6 is 0 Å². The fourth-order valence-electron chi connectivity index (χ4n) is 11.1. The van der Waals surface area contributed by atoms with Gasteiger partial charge < -0.3 is 35.9 Å². The van der Waals surface area contributed by atoms with E-state index in [0.717, 1.165) is 61.2 Å². The van der Waals surface area contributed by atoms with Gasteiger partial charge in [-0.3, -0.25) is 9.69 Å². The number of carbonyl (C=O) groups is 2. The largest absolute Gasteiger partial charge is 2.00 e. The van der Waals surface area contributed by atoms with Crippen LogP contribution in [0.2, 0.25) is 0 Å². The van der Waals surface area contributed by atoms with Crippen molar-refractivity contribution in [1.82, 2.24) is 4.90 Å². The molecule has 9 nitrogen and oxygen atoms in total. The first kappa shape index (κ1) is 44.6. The van der Waals surface area contributed by atoms with Crippen molar-refractivity contribution in [2.45, 2.75) is 149 Å². The Hall–Kier alpha value is -0.832. The van der Waals surface area contributed by atoms with E-state index in [1.807, 2.05) is 0 Å². The van der Waals surface area contributed by atoms with E-state index in [2.05, 4.69) is 40.7 Å². The molecule has 0 bridgehead atoms. The van der Waals surface area contributed by atoms with Gasteiger partial charge >= 0.3 is 27.0 Å². The summed E-state index contributed by atoms with van der Waals surface area (Å²) in [6.07, 6.45) is 21.8. The zero-order valence-corrected chi connectivity index (χ0v) is 34.7. The number of allylic oxidation sites excluding steroid dienone is 1. The molecule has 10 heteroatoms. The molecule has 0 aromatic carbocycles. The summed E-state index contributed by atoms with van der Waals surface area (Å²) in [5, 5.41) is 19.8. The molecule has 0 aromatic heterocycles.